The second-order valence-electron chi connectivity index (χ2n) is 3.24. The molecule has 6 nitrogen and oxygen atoms in total. The number of halogens is 2. The van der Waals surface area contributed by atoms with E-state index >= 15 is 0 Å². The van der Waals surface area contributed by atoms with Gasteiger partial charge in [0.05, 0.1) is 14.4 Å². The fourth-order valence-corrected chi connectivity index (χ4v) is 4.46. The summed E-state index contributed by atoms with van der Waals surface area (Å²) in [6, 6.07) is 1.70. The highest BCUT2D eigenvalue weighted by Gasteiger charge is 2.15. The fraction of sp³-hybridized carbons (Fsp3) is 0.111. The molecule has 2 aromatic heterocycles. The number of aromatic nitrogens is 2. The number of hydrogen-bond donors (Lipinski definition) is 2. The van der Waals surface area contributed by atoms with E-state index in [-0.39, 0.29) is 11.7 Å². The van der Waals surface area contributed by atoms with Crippen LogP contribution in [0.15, 0.2) is 18.7 Å². The third-order valence-corrected chi connectivity index (χ3v) is 7.03. The first-order valence-electron chi connectivity index (χ1n) is 4.90. The Morgan fingerprint density at radius 2 is 2.10 bits per heavy atom. The second kappa shape index (κ2) is 6.98. The van der Waals surface area contributed by atoms with Crippen LogP contribution in [0.2, 0.25) is 0 Å². The highest BCUT2D eigenvalue weighted by molar-refractivity contribution is 9.13. The Labute approximate surface area is 142 Å². The van der Waals surface area contributed by atoms with E-state index < -0.39 is 5.97 Å². The zero-order valence-electron chi connectivity index (χ0n) is 9.42. The lowest BCUT2D eigenvalue weighted by molar-refractivity contribution is -0.133. The van der Waals surface area contributed by atoms with Crippen LogP contribution >= 0.6 is 66.3 Å². The number of aliphatic carboxylic acids is 1. The monoisotopic (exact) mass is 457 g/mol. The standard InChI is InChI=1S/C9H5Br2N3O3S3/c10-3-1-4(19-6(3)11)7(17)12-8-13-14-9(20-8)18-2-5(15)16/h1H,2H2,(H,15,16)(H,12,13,17). The number of thiophene rings is 1. The van der Waals surface area contributed by atoms with Gasteiger partial charge in [-0.15, -0.1) is 21.5 Å². The van der Waals surface area contributed by atoms with E-state index in [0.717, 1.165) is 31.4 Å². The summed E-state index contributed by atoms with van der Waals surface area (Å²) in [7, 11) is 0. The molecular weight excluding hydrogens is 454 g/mol. The number of amides is 1. The zero-order chi connectivity index (χ0) is 14.7. The van der Waals surface area contributed by atoms with Crippen LogP contribution in [-0.2, 0) is 4.79 Å². The van der Waals surface area contributed by atoms with E-state index in [9.17, 15) is 9.59 Å². The normalized spacial score (nSPS) is 10.5. The summed E-state index contributed by atoms with van der Waals surface area (Å²) in [4.78, 5) is 22.9. The van der Waals surface area contributed by atoms with E-state index in [1.807, 2.05) is 0 Å². The minimum absolute atomic E-state index is 0.0899. The van der Waals surface area contributed by atoms with Crippen LogP contribution in [0.5, 0.6) is 0 Å². The summed E-state index contributed by atoms with van der Waals surface area (Å²) in [5.74, 6) is -1.30. The maximum absolute atomic E-state index is 12.0. The average Bonchev–Trinajstić information content (AvgIpc) is 2.95. The van der Waals surface area contributed by atoms with Gasteiger partial charge in [0.2, 0.25) is 5.13 Å². The molecule has 0 aliphatic carbocycles. The van der Waals surface area contributed by atoms with Crippen LogP contribution in [0.3, 0.4) is 0 Å². The molecular formula is C9H5Br2N3O3S3. The average molecular weight is 459 g/mol. The van der Waals surface area contributed by atoms with Crippen molar-refractivity contribution in [3.63, 3.8) is 0 Å². The molecule has 106 valence electrons. The number of rotatable bonds is 5. The first-order chi connectivity index (χ1) is 9.45. The number of anilines is 1. The van der Waals surface area contributed by atoms with E-state index in [1.54, 1.807) is 6.07 Å². The minimum Gasteiger partial charge on any atom is -0.481 e. The Kier molecular flexibility index (Phi) is 5.55. The van der Waals surface area contributed by atoms with Gasteiger partial charge < -0.3 is 5.11 Å². The van der Waals surface area contributed by atoms with Crippen molar-refractivity contribution in [1.29, 1.82) is 0 Å². The number of carboxylic acid groups (broad SMARTS) is 1. The van der Waals surface area contributed by atoms with Gasteiger partial charge in [-0.1, -0.05) is 23.1 Å². The number of thioether (sulfide) groups is 1. The Bertz CT molecular complexity index is 638. The Morgan fingerprint density at radius 3 is 2.70 bits per heavy atom. The molecule has 0 spiro atoms. The third kappa shape index (κ3) is 4.25. The zero-order valence-corrected chi connectivity index (χ0v) is 15.0. The predicted octanol–water partition coefficient (Wildman–Crippen LogP) is 3.55. The summed E-state index contributed by atoms with van der Waals surface area (Å²) >= 11 is 10.1. The van der Waals surface area contributed by atoms with Crippen LogP contribution < -0.4 is 5.32 Å². The summed E-state index contributed by atoms with van der Waals surface area (Å²) in [6.45, 7) is 0. The fourth-order valence-electron chi connectivity index (χ4n) is 1.06. The molecule has 0 saturated carbocycles. The van der Waals surface area contributed by atoms with Crippen molar-refractivity contribution in [2.24, 2.45) is 0 Å². The smallest absolute Gasteiger partial charge is 0.313 e. The number of carboxylic acids is 1. The molecule has 0 aliphatic heterocycles. The highest BCUT2D eigenvalue weighted by Crippen LogP contribution is 2.33. The molecule has 0 fully saturated rings. The summed E-state index contributed by atoms with van der Waals surface area (Å²) in [6.07, 6.45) is 0. The van der Waals surface area contributed by atoms with Crippen molar-refractivity contribution in [3.8, 4) is 0 Å². The molecule has 2 rings (SSSR count). The molecule has 20 heavy (non-hydrogen) atoms. The van der Waals surface area contributed by atoms with Gasteiger partial charge in [0.15, 0.2) is 4.34 Å². The first-order valence-corrected chi connectivity index (χ1v) is 9.10. The number of carbonyl (C=O) groups excluding carboxylic acids is 1. The summed E-state index contributed by atoms with van der Waals surface area (Å²) in [5, 5.41) is 19.1. The number of nitrogens with one attached hydrogen (secondary N) is 1. The van der Waals surface area contributed by atoms with E-state index in [2.05, 4.69) is 47.4 Å². The van der Waals surface area contributed by atoms with Crippen molar-refractivity contribution in [3.05, 3.63) is 19.2 Å². The van der Waals surface area contributed by atoms with Crippen LogP contribution in [0.4, 0.5) is 5.13 Å². The van der Waals surface area contributed by atoms with Gasteiger partial charge in [0.1, 0.15) is 0 Å². The quantitative estimate of drug-likeness (QED) is 0.525. The highest BCUT2D eigenvalue weighted by atomic mass is 79.9. The van der Waals surface area contributed by atoms with Gasteiger partial charge in [-0.3, -0.25) is 14.9 Å². The number of nitrogens with zero attached hydrogens (tertiary/aromatic N) is 2. The Hall–Kier alpha value is -0.490. The molecule has 2 aromatic rings. The maximum atomic E-state index is 12.0. The minimum atomic E-state index is -0.927. The predicted molar refractivity (Wildman–Crippen MR) is 85.9 cm³/mol. The van der Waals surface area contributed by atoms with E-state index in [4.69, 9.17) is 5.11 Å². The van der Waals surface area contributed by atoms with E-state index in [1.165, 1.54) is 11.3 Å². The third-order valence-electron chi connectivity index (χ3n) is 1.81. The van der Waals surface area contributed by atoms with Gasteiger partial charge in [0, 0.05) is 4.47 Å². The summed E-state index contributed by atoms with van der Waals surface area (Å²) < 4.78 is 2.14. The maximum Gasteiger partial charge on any atom is 0.313 e. The Balaban J connectivity index is 1.99. The molecule has 0 saturated heterocycles. The molecule has 2 N–H and O–H groups in total. The van der Waals surface area contributed by atoms with Gasteiger partial charge in [-0.25, -0.2) is 0 Å². The SMILES string of the molecule is O=C(O)CSc1nnc(NC(=O)c2cc(Br)c(Br)s2)s1. The van der Waals surface area contributed by atoms with Crippen LogP contribution in [-0.4, -0.2) is 32.9 Å². The van der Waals surface area contributed by atoms with Gasteiger partial charge in [0.25, 0.3) is 5.91 Å². The van der Waals surface area contributed by atoms with Gasteiger partial charge >= 0.3 is 5.97 Å². The van der Waals surface area contributed by atoms with Crippen molar-refractivity contribution in [1.82, 2.24) is 10.2 Å². The molecule has 0 atom stereocenters. The van der Waals surface area contributed by atoms with Crippen molar-refractivity contribution in [2.45, 2.75) is 4.34 Å². The molecule has 0 aliphatic rings. The molecule has 0 aromatic carbocycles. The van der Waals surface area contributed by atoms with Crippen molar-refractivity contribution < 1.29 is 14.7 Å². The molecule has 0 bridgehead atoms. The molecule has 0 unspecified atom stereocenters. The second-order valence-corrected chi connectivity index (χ2v) is 8.67. The van der Waals surface area contributed by atoms with Gasteiger partial charge in [-0.05, 0) is 37.9 Å². The van der Waals surface area contributed by atoms with Crippen LogP contribution in [0.1, 0.15) is 9.67 Å². The van der Waals surface area contributed by atoms with Crippen LogP contribution in [0.25, 0.3) is 0 Å². The van der Waals surface area contributed by atoms with E-state index in [0.29, 0.717) is 14.3 Å². The lowest BCUT2D eigenvalue weighted by Gasteiger charge is -1.96. The number of hydrogen-bond acceptors (Lipinski definition) is 7. The van der Waals surface area contributed by atoms with Gasteiger partial charge in [-0.2, -0.15) is 0 Å². The van der Waals surface area contributed by atoms with Crippen molar-refractivity contribution >= 4 is 83.3 Å². The van der Waals surface area contributed by atoms with Crippen LogP contribution in [0, 0.1) is 0 Å². The summed E-state index contributed by atoms with van der Waals surface area (Å²) in [5.41, 5.74) is 0. The first kappa shape index (κ1) is 15.9. The Morgan fingerprint density at radius 1 is 1.35 bits per heavy atom. The molecule has 11 heteroatoms. The molecule has 2 heterocycles. The van der Waals surface area contributed by atoms with Crippen molar-refractivity contribution in [2.75, 3.05) is 11.1 Å². The largest absolute Gasteiger partial charge is 0.481 e. The number of carbonyl (C=O) groups is 2. The lowest BCUT2D eigenvalue weighted by atomic mass is 10.4. The molecule has 0 radical (unpaired) electrons. The lowest BCUT2D eigenvalue weighted by Crippen LogP contribution is -2.09. The topological polar surface area (TPSA) is 92.2 Å². The molecule has 1 amide bonds.